The van der Waals surface area contributed by atoms with E-state index in [4.69, 9.17) is 0 Å². The Morgan fingerprint density at radius 3 is 2.41 bits per heavy atom. The molecule has 0 saturated heterocycles. The van der Waals surface area contributed by atoms with Crippen molar-refractivity contribution in [3.63, 3.8) is 0 Å². The molecule has 0 spiro atoms. The van der Waals surface area contributed by atoms with Crippen LogP contribution in [0.4, 0.5) is 0 Å². The number of benzene rings is 1. The lowest BCUT2D eigenvalue weighted by Gasteiger charge is -2.01. The smallest absolute Gasteiger partial charge is 0.168 e. The van der Waals surface area contributed by atoms with Crippen LogP contribution in [0.15, 0.2) is 38.6 Å². The molecule has 0 aliphatic carbocycles. The van der Waals surface area contributed by atoms with Gasteiger partial charge >= 0.3 is 0 Å². The Morgan fingerprint density at radius 1 is 1.24 bits per heavy atom. The van der Waals surface area contributed by atoms with Gasteiger partial charge in [-0.3, -0.25) is 4.79 Å². The van der Waals surface area contributed by atoms with Gasteiger partial charge in [0.1, 0.15) is 0 Å². The molecule has 1 aromatic carbocycles. The summed E-state index contributed by atoms with van der Waals surface area (Å²) >= 11 is 8.39. The van der Waals surface area contributed by atoms with Crippen molar-refractivity contribution in [2.75, 3.05) is 0 Å². The molecule has 0 atom stereocenters. The number of carbonyl (C=O) groups excluding carboxylic acids is 1. The first kappa shape index (κ1) is 13.0. The molecule has 2 aromatic rings. The predicted molar refractivity (Wildman–Crippen MR) is 78.9 cm³/mol. The summed E-state index contributed by atoms with van der Waals surface area (Å²) in [7, 11) is 0. The number of hydrogen-bond acceptors (Lipinski definition) is 2. The number of halogens is 2. The maximum atomic E-state index is 12.1. The summed E-state index contributed by atoms with van der Waals surface area (Å²) in [5.74, 6) is 0.173. The zero-order valence-corrected chi connectivity index (χ0v) is 13.2. The fourth-order valence-corrected chi connectivity index (χ4v) is 3.58. The van der Waals surface area contributed by atoms with E-state index in [2.05, 4.69) is 31.9 Å². The first-order valence-electron chi connectivity index (χ1n) is 5.10. The number of thiophene rings is 1. The van der Waals surface area contributed by atoms with Crippen LogP contribution in [0.2, 0.25) is 0 Å². The van der Waals surface area contributed by atoms with Crippen molar-refractivity contribution in [1.29, 1.82) is 0 Å². The summed E-state index contributed by atoms with van der Waals surface area (Å²) in [5, 5.41) is 0. The highest BCUT2D eigenvalue weighted by molar-refractivity contribution is 9.11. The summed E-state index contributed by atoms with van der Waals surface area (Å²) in [6.07, 6.45) is 0.456. The Hall–Kier alpha value is -0.450. The zero-order chi connectivity index (χ0) is 12.4. The minimum Gasteiger partial charge on any atom is -0.294 e. The Kier molecular flexibility index (Phi) is 4.17. The van der Waals surface area contributed by atoms with Gasteiger partial charge in [0.15, 0.2) is 5.78 Å². The van der Waals surface area contributed by atoms with Gasteiger partial charge in [-0.25, -0.2) is 0 Å². The lowest BCUT2D eigenvalue weighted by molar-refractivity contribution is 0.0993. The lowest BCUT2D eigenvalue weighted by atomic mass is 10.0. The highest BCUT2D eigenvalue weighted by Crippen LogP contribution is 2.27. The van der Waals surface area contributed by atoms with Gasteiger partial charge in [-0.15, -0.1) is 11.3 Å². The van der Waals surface area contributed by atoms with Crippen molar-refractivity contribution in [2.45, 2.75) is 13.3 Å². The fourth-order valence-electron chi connectivity index (χ4n) is 1.61. The van der Waals surface area contributed by atoms with Crippen molar-refractivity contribution in [1.82, 2.24) is 0 Å². The van der Waals surface area contributed by atoms with Crippen molar-refractivity contribution < 1.29 is 4.79 Å². The molecule has 1 nitrogen and oxygen atoms in total. The third kappa shape index (κ3) is 3.27. The van der Waals surface area contributed by atoms with E-state index in [9.17, 15) is 4.79 Å². The molecule has 1 aromatic heterocycles. The molecule has 17 heavy (non-hydrogen) atoms. The molecule has 0 N–H and O–H groups in total. The fraction of sp³-hybridized carbons (Fsp3) is 0.154. The van der Waals surface area contributed by atoms with Crippen molar-refractivity contribution >= 4 is 49.0 Å². The first-order valence-corrected chi connectivity index (χ1v) is 7.50. The molecule has 0 unspecified atom stereocenters. The van der Waals surface area contributed by atoms with Crippen LogP contribution in [0, 0.1) is 6.92 Å². The third-order valence-corrected chi connectivity index (χ3v) is 4.55. The second kappa shape index (κ2) is 5.46. The van der Waals surface area contributed by atoms with E-state index in [-0.39, 0.29) is 5.78 Å². The van der Waals surface area contributed by atoms with E-state index in [0.717, 1.165) is 24.3 Å². The van der Waals surface area contributed by atoms with Gasteiger partial charge in [0.05, 0.1) is 3.79 Å². The van der Waals surface area contributed by atoms with E-state index in [1.54, 1.807) is 11.3 Å². The van der Waals surface area contributed by atoms with Crippen LogP contribution in [0.1, 0.15) is 20.8 Å². The third-order valence-electron chi connectivity index (χ3n) is 2.47. The Morgan fingerprint density at radius 2 is 1.88 bits per heavy atom. The van der Waals surface area contributed by atoms with Crippen LogP contribution in [0.5, 0.6) is 0 Å². The largest absolute Gasteiger partial charge is 0.294 e. The van der Waals surface area contributed by atoms with Crippen LogP contribution in [-0.2, 0) is 6.42 Å². The molecule has 0 saturated carbocycles. The van der Waals surface area contributed by atoms with Crippen LogP contribution in [0.25, 0.3) is 0 Å². The van der Waals surface area contributed by atoms with Gasteiger partial charge in [0, 0.05) is 21.3 Å². The predicted octanol–water partition coefficient (Wildman–Crippen LogP) is 5.01. The molecule has 0 aliphatic heterocycles. The molecule has 1 heterocycles. The number of hydrogen-bond donors (Lipinski definition) is 0. The van der Waals surface area contributed by atoms with E-state index < -0.39 is 0 Å². The van der Waals surface area contributed by atoms with Gasteiger partial charge < -0.3 is 0 Å². The Bertz CT molecular complexity index is 543. The van der Waals surface area contributed by atoms with Gasteiger partial charge in [0.25, 0.3) is 0 Å². The molecule has 0 fully saturated rings. The van der Waals surface area contributed by atoms with E-state index in [1.165, 1.54) is 0 Å². The normalized spacial score (nSPS) is 10.5. The Labute approximate surface area is 121 Å². The van der Waals surface area contributed by atoms with Crippen LogP contribution < -0.4 is 0 Å². The summed E-state index contributed by atoms with van der Waals surface area (Å²) in [6, 6.07) is 9.76. The lowest BCUT2D eigenvalue weighted by Crippen LogP contribution is -2.03. The maximum absolute atomic E-state index is 12.1. The standard InChI is InChI=1S/C13H10Br2OS/c1-8-11(7-13(15)17-8)12(16)6-9-2-4-10(14)5-3-9/h2-5,7H,6H2,1H3. The van der Waals surface area contributed by atoms with Crippen LogP contribution in [-0.4, -0.2) is 5.78 Å². The van der Waals surface area contributed by atoms with E-state index >= 15 is 0 Å². The monoisotopic (exact) mass is 372 g/mol. The molecule has 4 heteroatoms. The number of aryl methyl sites for hydroxylation is 1. The average molecular weight is 374 g/mol. The SMILES string of the molecule is Cc1sc(Br)cc1C(=O)Cc1ccc(Br)cc1. The molecule has 0 bridgehead atoms. The van der Waals surface area contributed by atoms with Crippen LogP contribution >= 0.6 is 43.2 Å². The number of rotatable bonds is 3. The molecule has 0 amide bonds. The first-order chi connectivity index (χ1) is 8.06. The van der Waals surface area contributed by atoms with Gasteiger partial charge in [-0.1, -0.05) is 28.1 Å². The van der Waals surface area contributed by atoms with Crippen LogP contribution in [0.3, 0.4) is 0 Å². The van der Waals surface area contributed by atoms with Gasteiger partial charge in [-0.05, 0) is 46.6 Å². The molecule has 2 rings (SSSR count). The Balaban J connectivity index is 2.17. The topological polar surface area (TPSA) is 17.1 Å². The van der Waals surface area contributed by atoms with Gasteiger partial charge in [-0.2, -0.15) is 0 Å². The summed E-state index contributed by atoms with van der Waals surface area (Å²) in [4.78, 5) is 13.2. The summed E-state index contributed by atoms with van der Waals surface area (Å²) in [6.45, 7) is 1.98. The van der Waals surface area contributed by atoms with Crippen molar-refractivity contribution in [3.05, 3.63) is 54.6 Å². The highest BCUT2D eigenvalue weighted by Gasteiger charge is 2.12. The molecule has 0 radical (unpaired) electrons. The highest BCUT2D eigenvalue weighted by atomic mass is 79.9. The summed E-state index contributed by atoms with van der Waals surface area (Å²) in [5.41, 5.74) is 1.87. The number of ketones is 1. The van der Waals surface area contributed by atoms with Crippen molar-refractivity contribution in [3.8, 4) is 0 Å². The average Bonchev–Trinajstić information content (AvgIpc) is 2.61. The van der Waals surface area contributed by atoms with Gasteiger partial charge in [0.2, 0.25) is 0 Å². The number of carbonyl (C=O) groups is 1. The molecule has 0 aliphatic rings. The number of Topliss-reactive ketones (excluding diaryl/α,β-unsaturated/α-hetero) is 1. The summed E-state index contributed by atoms with van der Waals surface area (Å²) < 4.78 is 2.04. The second-order valence-electron chi connectivity index (χ2n) is 3.75. The molecule has 88 valence electrons. The zero-order valence-electron chi connectivity index (χ0n) is 9.17. The van der Waals surface area contributed by atoms with Crippen molar-refractivity contribution in [2.24, 2.45) is 0 Å². The quantitative estimate of drug-likeness (QED) is 0.691. The second-order valence-corrected chi connectivity index (χ2v) is 7.30. The maximum Gasteiger partial charge on any atom is 0.168 e. The molecular formula is C13H10Br2OS. The van der Waals surface area contributed by atoms with E-state index in [1.807, 2.05) is 37.3 Å². The minimum atomic E-state index is 0.173. The molecular weight excluding hydrogens is 364 g/mol. The van der Waals surface area contributed by atoms with E-state index in [0.29, 0.717) is 6.42 Å². The minimum absolute atomic E-state index is 0.173.